The van der Waals surface area contributed by atoms with Crippen molar-refractivity contribution in [2.24, 2.45) is 5.73 Å². The van der Waals surface area contributed by atoms with E-state index in [-0.39, 0.29) is 17.1 Å². The van der Waals surface area contributed by atoms with Gasteiger partial charge in [-0.05, 0) is 0 Å². The molecule has 4 heavy (non-hydrogen) atoms. The summed E-state index contributed by atoms with van der Waals surface area (Å²) in [6, 6.07) is 0. The van der Waals surface area contributed by atoms with Gasteiger partial charge in [-0.25, -0.2) is 0 Å². The summed E-state index contributed by atoms with van der Waals surface area (Å²) in [6.07, 6.45) is 0.750. The second-order valence-corrected chi connectivity index (χ2v) is 0.167. The Morgan fingerprint density at radius 1 is 1.75 bits per heavy atom. The smallest absolute Gasteiger partial charge is 0.0765 e. The Balaban J connectivity index is 0. The molecular formula is CH4CuN2. The molecule has 0 aliphatic rings. The Hall–Kier alpha value is -0.0105. The molecule has 0 heterocycles. The molecule has 1 radical (unpaired) electrons. The average Bonchev–Trinajstić information content (AvgIpc) is 0.918. The summed E-state index contributed by atoms with van der Waals surface area (Å²) in [4.78, 5) is 0. The minimum absolute atomic E-state index is 0. The van der Waals surface area contributed by atoms with Crippen LogP contribution in [0.2, 0.25) is 0 Å². The summed E-state index contributed by atoms with van der Waals surface area (Å²) in [5.74, 6) is 0. The zero-order chi connectivity index (χ0) is 2.71. The largest absolute Gasteiger partial charge is 0.390 e. The third-order valence-corrected chi connectivity index (χ3v) is 0. The number of nitrogens with two attached hydrogens (primary N) is 1. The van der Waals surface area contributed by atoms with Crippen molar-refractivity contribution in [2.75, 3.05) is 0 Å². The molecule has 0 aromatic heterocycles. The minimum atomic E-state index is 0. The molecule has 0 spiro atoms. The van der Waals surface area contributed by atoms with Crippen molar-refractivity contribution in [2.45, 2.75) is 0 Å². The van der Waals surface area contributed by atoms with Crippen LogP contribution in [0.15, 0.2) is 0 Å². The van der Waals surface area contributed by atoms with Crippen molar-refractivity contribution < 1.29 is 17.1 Å². The van der Waals surface area contributed by atoms with Crippen LogP contribution in [0.5, 0.6) is 0 Å². The van der Waals surface area contributed by atoms with Gasteiger partial charge in [-0.2, -0.15) is 0 Å². The van der Waals surface area contributed by atoms with Crippen molar-refractivity contribution in [1.29, 1.82) is 5.41 Å². The molecule has 2 nitrogen and oxygen atoms in total. The van der Waals surface area contributed by atoms with E-state index in [4.69, 9.17) is 5.41 Å². The Labute approximate surface area is 35.4 Å². The van der Waals surface area contributed by atoms with E-state index in [1.165, 1.54) is 0 Å². The molecule has 3 N–H and O–H groups in total. The van der Waals surface area contributed by atoms with Crippen molar-refractivity contribution >= 4 is 6.34 Å². The maximum atomic E-state index is 5.86. The summed E-state index contributed by atoms with van der Waals surface area (Å²) in [5, 5.41) is 5.86. The number of nitrogens with one attached hydrogen (secondary N) is 1. The van der Waals surface area contributed by atoms with Gasteiger partial charge in [-0.1, -0.05) is 0 Å². The van der Waals surface area contributed by atoms with Crippen molar-refractivity contribution in [3.63, 3.8) is 0 Å². The zero-order valence-corrected chi connectivity index (χ0v) is 2.90. The van der Waals surface area contributed by atoms with Crippen LogP contribution in [-0.2, 0) is 17.1 Å². The predicted octanol–water partition coefficient (Wildman–Crippen LogP) is -0.450. The van der Waals surface area contributed by atoms with Crippen LogP contribution < -0.4 is 5.73 Å². The molecule has 0 rings (SSSR count). The summed E-state index contributed by atoms with van der Waals surface area (Å²) in [6.45, 7) is 0. The SMILES string of the molecule is N=CN.[Cu]. The fourth-order valence-corrected chi connectivity index (χ4v) is 0. The van der Waals surface area contributed by atoms with E-state index in [2.05, 4.69) is 5.73 Å². The molecule has 0 aliphatic heterocycles. The van der Waals surface area contributed by atoms with Gasteiger partial charge in [0.2, 0.25) is 0 Å². The number of hydrogen-bond acceptors (Lipinski definition) is 1. The molecule has 29 valence electrons. The van der Waals surface area contributed by atoms with E-state index in [9.17, 15) is 0 Å². The van der Waals surface area contributed by atoms with E-state index >= 15 is 0 Å². The van der Waals surface area contributed by atoms with E-state index in [1.54, 1.807) is 0 Å². The van der Waals surface area contributed by atoms with Crippen molar-refractivity contribution in [3.05, 3.63) is 0 Å². The average molecular weight is 108 g/mol. The van der Waals surface area contributed by atoms with E-state index < -0.39 is 0 Å². The van der Waals surface area contributed by atoms with Gasteiger partial charge in [0.25, 0.3) is 0 Å². The summed E-state index contributed by atoms with van der Waals surface area (Å²) >= 11 is 0. The first kappa shape index (κ1) is 9.01. The molecular weight excluding hydrogens is 104 g/mol. The van der Waals surface area contributed by atoms with Crippen LogP contribution >= 0.6 is 0 Å². The van der Waals surface area contributed by atoms with Crippen LogP contribution in [0.4, 0.5) is 0 Å². The Morgan fingerprint density at radius 3 is 1.75 bits per heavy atom. The summed E-state index contributed by atoms with van der Waals surface area (Å²) < 4.78 is 0. The number of rotatable bonds is 0. The number of hydrogen-bond donors (Lipinski definition) is 2. The van der Waals surface area contributed by atoms with Gasteiger partial charge in [0.1, 0.15) is 0 Å². The predicted molar refractivity (Wildman–Crippen MR) is 13.0 cm³/mol. The van der Waals surface area contributed by atoms with E-state index in [0.717, 1.165) is 6.34 Å². The van der Waals surface area contributed by atoms with E-state index in [0.29, 0.717) is 0 Å². The topological polar surface area (TPSA) is 49.9 Å². The van der Waals surface area contributed by atoms with Crippen LogP contribution in [0.3, 0.4) is 0 Å². The molecule has 0 amide bonds. The van der Waals surface area contributed by atoms with Gasteiger partial charge in [-0.3, -0.25) is 5.41 Å². The monoisotopic (exact) mass is 107 g/mol. The van der Waals surface area contributed by atoms with Crippen LogP contribution in [0, 0.1) is 5.41 Å². The van der Waals surface area contributed by atoms with Gasteiger partial charge in [0.15, 0.2) is 0 Å². The minimum Gasteiger partial charge on any atom is -0.390 e. The first-order chi connectivity index (χ1) is 1.41. The van der Waals surface area contributed by atoms with Crippen LogP contribution in [0.1, 0.15) is 0 Å². The van der Waals surface area contributed by atoms with Crippen LogP contribution in [-0.4, -0.2) is 6.34 Å². The van der Waals surface area contributed by atoms with Gasteiger partial charge in [-0.15, -0.1) is 0 Å². The molecule has 0 fully saturated rings. The van der Waals surface area contributed by atoms with Crippen molar-refractivity contribution in [3.8, 4) is 0 Å². The molecule has 0 saturated carbocycles. The molecule has 0 atom stereocenters. The normalized spacial score (nSPS) is 3.00. The zero-order valence-electron chi connectivity index (χ0n) is 1.96. The van der Waals surface area contributed by atoms with Gasteiger partial charge in [0.05, 0.1) is 6.34 Å². The van der Waals surface area contributed by atoms with Crippen molar-refractivity contribution in [1.82, 2.24) is 0 Å². The maximum absolute atomic E-state index is 5.86. The van der Waals surface area contributed by atoms with Gasteiger partial charge in [0, 0.05) is 17.1 Å². The third-order valence-electron chi connectivity index (χ3n) is 0. The second kappa shape index (κ2) is 12.1. The van der Waals surface area contributed by atoms with Gasteiger partial charge >= 0.3 is 0 Å². The fraction of sp³-hybridized carbons (Fsp3) is 0. The second-order valence-electron chi connectivity index (χ2n) is 0.167. The Kier molecular flexibility index (Phi) is 27.2. The summed E-state index contributed by atoms with van der Waals surface area (Å²) in [7, 11) is 0. The molecule has 0 aromatic rings. The molecule has 0 bridgehead atoms. The summed E-state index contributed by atoms with van der Waals surface area (Å²) in [5.41, 5.74) is 4.39. The molecule has 0 aliphatic carbocycles. The first-order valence-corrected chi connectivity index (χ1v) is 0.622. The molecule has 0 aromatic carbocycles. The molecule has 3 heteroatoms. The van der Waals surface area contributed by atoms with E-state index in [1.807, 2.05) is 0 Å². The maximum Gasteiger partial charge on any atom is 0.0765 e. The van der Waals surface area contributed by atoms with Gasteiger partial charge < -0.3 is 5.73 Å². The quantitative estimate of drug-likeness (QED) is 0.246. The third kappa shape index (κ3) is 17600. The molecule has 0 unspecified atom stereocenters. The fourth-order valence-electron chi connectivity index (χ4n) is 0. The first-order valence-electron chi connectivity index (χ1n) is 0.622. The molecule has 0 saturated heterocycles. The van der Waals surface area contributed by atoms with Crippen LogP contribution in [0.25, 0.3) is 0 Å². The Morgan fingerprint density at radius 2 is 1.75 bits per heavy atom. The Bertz CT molecular complexity index is 13.5. The standard InChI is InChI=1S/CH4N2.Cu/c2-1-3;/h1H,(H3,2,3);.